The van der Waals surface area contributed by atoms with Crippen molar-refractivity contribution in [2.24, 2.45) is 0 Å². The molecule has 3 heterocycles. The van der Waals surface area contributed by atoms with Crippen LogP contribution in [0.1, 0.15) is 11.1 Å². The van der Waals surface area contributed by atoms with Crippen molar-refractivity contribution in [3.63, 3.8) is 0 Å². The maximum Gasteiger partial charge on any atom is 0.253 e. The molecule has 1 aromatic heterocycles. The van der Waals surface area contributed by atoms with Crippen LogP contribution in [0.5, 0.6) is 0 Å². The summed E-state index contributed by atoms with van der Waals surface area (Å²) >= 11 is 0. The second-order valence-electron chi connectivity index (χ2n) is 7.41. The summed E-state index contributed by atoms with van der Waals surface area (Å²) in [6, 6.07) is 12.1. The summed E-state index contributed by atoms with van der Waals surface area (Å²) in [5.41, 5.74) is 2.74. The molecular formula is C21H25N3O3. The summed E-state index contributed by atoms with van der Waals surface area (Å²) in [6.45, 7) is 6.12. The van der Waals surface area contributed by atoms with Gasteiger partial charge >= 0.3 is 0 Å². The van der Waals surface area contributed by atoms with Crippen LogP contribution >= 0.6 is 0 Å². The number of pyridine rings is 1. The Kier molecular flexibility index (Phi) is 5.20. The molecule has 0 aliphatic carbocycles. The molecule has 2 aromatic rings. The number of amides is 1. The number of aromatic nitrogens is 1. The lowest BCUT2D eigenvalue weighted by atomic mass is 10.0. The molecule has 4 rings (SSSR count). The zero-order valence-electron chi connectivity index (χ0n) is 15.6. The van der Waals surface area contributed by atoms with Gasteiger partial charge in [0.15, 0.2) is 0 Å². The van der Waals surface area contributed by atoms with Gasteiger partial charge in [0.2, 0.25) is 0 Å². The molecule has 142 valence electrons. The van der Waals surface area contributed by atoms with Crippen LogP contribution < -0.4 is 4.90 Å². The van der Waals surface area contributed by atoms with Crippen molar-refractivity contribution in [3.8, 4) is 0 Å². The maximum absolute atomic E-state index is 12.5. The Morgan fingerprint density at radius 3 is 2.81 bits per heavy atom. The van der Waals surface area contributed by atoms with E-state index in [0.29, 0.717) is 19.8 Å². The summed E-state index contributed by atoms with van der Waals surface area (Å²) in [6.07, 6.45) is 3.67. The van der Waals surface area contributed by atoms with E-state index in [1.807, 2.05) is 48.4 Å². The Morgan fingerprint density at radius 2 is 2.04 bits per heavy atom. The van der Waals surface area contributed by atoms with Crippen molar-refractivity contribution in [2.45, 2.75) is 19.1 Å². The number of morpholine rings is 1. The van der Waals surface area contributed by atoms with Crippen molar-refractivity contribution in [3.05, 3.63) is 59.9 Å². The molecule has 2 saturated heterocycles. The average Bonchev–Trinajstić information content (AvgIpc) is 2.88. The van der Waals surface area contributed by atoms with E-state index in [1.54, 1.807) is 6.20 Å². The van der Waals surface area contributed by atoms with Crippen LogP contribution in [0, 0.1) is 6.92 Å². The van der Waals surface area contributed by atoms with Crippen LogP contribution in [0.3, 0.4) is 0 Å². The van der Waals surface area contributed by atoms with E-state index in [0.717, 1.165) is 30.9 Å². The van der Waals surface area contributed by atoms with E-state index in [4.69, 9.17) is 9.47 Å². The first-order valence-corrected chi connectivity index (χ1v) is 9.34. The molecular weight excluding hydrogens is 342 g/mol. The molecule has 0 N–H and O–H groups in total. The normalized spacial score (nSPS) is 24.2. The molecule has 2 aliphatic heterocycles. The minimum atomic E-state index is -0.516. The number of benzene rings is 1. The third-order valence-electron chi connectivity index (χ3n) is 5.15. The highest BCUT2D eigenvalue weighted by Crippen LogP contribution is 2.28. The first-order valence-electron chi connectivity index (χ1n) is 9.34. The molecule has 0 saturated carbocycles. The Bertz CT molecular complexity index is 781. The molecule has 6 heteroatoms. The van der Waals surface area contributed by atoms with Gasteiger partial charge in [-0.1, -0.05) is 23.8 Å². The summed E-state index contributed by atoms with van der Waals surface area (Å²) in [5, 5.41) is 0. The summed E-state index contributed by atoms with van der Waals surface area (Å²) in [5.74, 6) is -0.00691. The Balaban J connectivity index is 1.53. The van der Waals surface area contributed by atoms with Crippen LogP contribution in [0.2, 0.25) is 0 Å². The van der Waals surface area contributed by atoms with Gasteiger partial charge in [0.05, 0.1) is 19.8 Å². The van der Waals surface area contributed by atoms with Crippen molar-refractivity contribution >= 4 is 11.6 Å². The smallest absolute Gasteiger partial charge is 0.253 e. The topological polar surface area (TPSA) is 54.9 Å². The molecule has 0 radical (unpaired) electrons. The number of hydrogen-bond donors (Lipinski definition) is 0. The van der Waals surface area contributed by atoms with E-state index >= 15 is 0 Å². The number of carbonyl (C=O) groups excluding carboxylic acids is 1. The number of rotatable bonds is 3. The lowest BCUT2D eigenvalue weighted by molar-refractivity contribution is -0.146. The first-order chi connectivity index (χ1) is 13.1. The van der Waals surface area contributed by atoms with Gasteiger partial charge in [-0.05, 0) is 30.7 Å². The molecule has 2 aliphatic rings. The van der Waals surface area contributed by atoms with E-state index in [2.05, 4.69) is 16.0 Å². The van der Waals surface area contributed by atoms with Crippen LogP contribution in [-0.2, 0) is 20.8 Å². The fourth-order valence-electron chi connectivity index (χ4n) is 3.73. The number of carbonyl (C=O) groups is 1. The summed E-state index contributed by atoms with van der Waals surface area (Å²) in [4.78, 5) is 20.9. The van der Waals surface area contributed by atoms with Gasteiger partial charge < -0.3 is 14.4 Å². The SMILES string of the molecule is Cc1ccc(N2C[C@@]3(COCCN(Cc4cccnc4)C3)OCC2=O)cc1. The van der Waals surface area contributed by atoms with Crippen LogP contribution in [0.15, 0.2) is 48.8 Å². The zero-order chi connectivity index (χ0) is 18.7. The van der Waals surface area contributed by atoms with E-state index in [-0.39, 0.29) is 12.5 Å². The molecule has 6 nitrogen and oxygen atoms in total. The molecule has 1 spiro atoms. The van der Waals surface area contributed by atoms with Gasteiger partial charge in [0.25, 0.3) is 5.91 Å². The summed E-state index contributed by atoms with van der Waals surface area (Å²) in [7, 11) is 0. The van der Waals surface area contributed by atoms with Crippen molar-refractivity contribution in [1.82, 2.24) is 9.88 Å². The number of hydrogen-bond acceptors (Lipinski definition) is 5. The first kappa shape index (κ1) is 18.1. The third kappa shape index (κ3) is 4.18. The van der Waals surface area contributed by atoms with Crippen LogP contribution in [-0.4, -0.2) is 60.8 Å². The monoisotopic (exact) mass is 367 g/mol. The van der Waals surface area contributed by atoms with Gasteiger partial charge in [-0.2, -0.15) is 0 Å². The molecule has 27 heavy (non-hydrogen) atoms. The van der Waals surface area contributed by atoms with Gasteiger partial charge in [0.1, 0.15) is 12.2 Å². The average molecular weight is 367 g/mol. The summed E-state index contributed by atoms with van der Waals surface area (Å²) < 4.78 is 11.9. The molecule has 1 amide bonds. The largest absolute Gasteiger partial charge is 0.377 e. The minimum absolute atomic E-state index is 0.00691. The fourth-order valence-corrected chi connectivity index (χ4v) is 3.73. The fraction of sp³-hybridized carbons (Fsp3) is 0.429. The number of anilines is 1. The molecule has 1 atom stereocenters. The Morgan fingerprint density at radius 1 is 1.19 bits per heavy atom. The number of aryl methyl sites for hydroxylation is 1. The second kappa shape index (κ2) is 7.76. The molecule has 0 unspecified atom stereocenters. The lowest BCUT2D eigenvalue weighted by Gasteiger charge is -2.43. The van der Waals surface area contributed by atoms with Crippen LogP contribution in [0.4, 0.5) is 5.69 Å². The van der Waals surface area contributed by atoms with Gasteiger partial charge in [0, 0.05) is 37.7 Å². The van der Waals surface area contributed by atoms with Crippen LogP contribution in [0.25, 0.3) is 0 Å². The number of nitrogens with zero attached hydrogens (tertiary/aromatic N) is 3. The molecule has 2 fully saturated rings. The number of ether oxygens (including phenoxy) is 2. The quantitative estimate of drug-likeness (QED) is 0.831. The molecule has 1 aromatic carbocycles. The zero-order valence-corrected chi connectivity index (χ0v) is 15.6. The predicted octanol–water partition coefficient (Wildman–Crippen LogP) is 2.02. The Labute approximate surface area is 159 Å². The van der Waals surface area contributed by atoms with E-state index in [9.17, 15) is 4.79 Å². The Hall–Kier alpha value is -2.28. The highest BCUT2D eigenvalue weighted by molar-refractivity contribution is 5.95. The van der Waals surface area contributed by atoms with Crippen molar-refractivity contribution in [2.75, 3.05) is 44.4 Å². The lowest BCUT2D eigenvalue weighted by Crippen LogP contribution is -2.60. The van der Waals surface area contributed by atoms with Crippen molar-refractivity contribution in [1.29, 1.82) is 0 Å². The van der Waals surface area contributed by atoms with Gasteiger partial charge in [-0.3, -0.25) is 14.7 Å². The highest BCUT2D eigenvalue weighted by atomic mass is 16.6. The third-order valence-corrected chi connectivity index (χ3v) is 5.15. The van der Waals surface area contributed by atoms with E-state index in [1.165, 1.54) is 5.56 Å². The van der Waals surface area contributed by atoms with Gasteiger partial charge in [-0.25, -0.2) is 0 Å². The van der Waals surface area contributed by atoms with Crippen molar-refractivity contribution < 1.29 is 14.3 Å². The standard InChI is InChI=1S/C21H25N3O3/c1-17-4-6-19(7-5-17)24-15-21(27-13-20(24)25)14-23(9-10-26-16-21)12-18-3-2-8-22-11-18/h2-8,11H,9-10,12-16H2,1H3/t21-/m0/s1. The molecule has 0 bridgehead atoms. The highest BCUT2D eigenvalue weighted by Gasteiger charge is 2.43. The van der Waals surface area contributed by atoms with Gasteiger partial charge in [-0.15, -0.1) is 0 Å². The van der Waals surface area contributed by atoms with E-state index < -0.39 is 5.60 Å². The second-order valence-corrected chi connectivity index (χ2v) is 7.41. The maximum atomic E-state index is 12.5. The minimum Gasteiger partial charge on any atom is -0.377 e. The predicted molar refractivity (Wildman–Crippen MR) is 103 cm³/mol.